The summed E-state index contributed by atoms with van der Waals surface area (Å²) in [7, 11) is 1.20. The second kappa shape index (κ2) is 6.50. The molecule has 1 aromatic heterocycles. The zero-order valence-electron chi connectivity index (χ0n) is 9.95. The van der Waals surface area contributed by atoms with E-state index in [2.05, 4.69) is 15.0 Å². The molecule has 0 aliphatic rings. The summed E-state index contributed by atoms with van der Waals surface area (Å²) >= 11 is -0.149. The third-order valence-corrected chi connectivity index (χ3v) is 2.72. The quantitative estimate of drug-likeness (QED) is 0.640. The molecule has 1 rings (SSSR count). The molecule has 0 aliphatic heterocycles. The zero-order valence-corrected chi connectivity index (χ0v) is 10.8. The van der Waals surface area contributed by atoms with Gasteiger partial charge in [-0.3, -0.25) is 0 Å². The summed E-state index contributed by atoms with van der Waals surface area (Å²) in [6.07, 6.45) is 0. The summed E-state index contributed by atoms with van der Waals surface area (Å²) in [6, 6.07) is 2.80. The number of carbonyl (C=O) groups excluding carboxylic acids is 1. The van der Waals surface area contributed by atoms with Gasteiger partial charge in [-0.15, -0.1) is 0 Å². The van der Waals surface area contributed by atoms with Crippen molar-refractivity contribution < 1.29 is 22.7 Å². The van der Waals surface area contributed by atoms with Gasteiger partial charge in [0, 0.05) is 12.3 Å². The van der Waals surface area contributed by atoms with Crippen LogP contribution in [0.4, 0.5) is 24.7 Å². The van der Waals surface area contributed by atoms with Crippen LogP contribution < -0.4 is 11.1 Å². The number of hydrogen-bond acceptors (Lipinski definition) is 6. The van der Waals surface area contributed by atoms with Gasteiger partial charge in [0.2, 0.25) is 0 Å². The topological polar surface area (TPSA) is 77.2 Å². The van der Waals surface area contributed by atoms with Crippen LogP contribution >= 0.6 is 11.8 Å². The maximum atomic E-state index is 11.9. The highest BCUT2D eigenvalue weighted by molar-refractivity contribution is 8.00. The zero-order chi connectivity index (χ0) is 14.5. The van der Waals surface area contributed by atoms with Crippen LogP contribution in [0.2, 0.25) is 0 Å². The highest BCUT2D eigenvalue weighted by Crippen LogP contribution is 2.29. The molecule has 0 fully saturated rings. The van der Waals surface area contributed by atoms with Crippen molar-refractivity contribution in [3.8, 4) is 0 Å². The van der Waals surface area contributed by atoms with E-state index in [4.69, 9.17) is 5.73 Å². The number of aromatic nitrogens is 1. The number of ether oxygens (including phenoxy) is 1. The average Bonchev–Trinajstić information content (AvgIpc) is 2.34. The molecule has 106 valence electrons. The summed E-state index contributed by atoms with van der Waals surface area (Å²) in [4.78, 5) is 15.1. The van der Waals surface area contributed by atoms with Gasteiger partial charge in [0.15, 0.2) is 5.69 Å². The maximum Gasteiger partial charge on any atom is 0.441 e. The van der Waals surface area contributed by atoms with Gasteiger partial charge in [-0.25, -0.2) is 9.78 Å². The Hall–Kier alpha value is -1.64. The minimum Gasteiger partial charge on any atom is -0.464 e. The van der Waals surface area contributed by atoms with Crippen molar-refractivity contribution >= 4 is 29.2 Å². The lowest BCUT2D eigenvalue weighted by molar-refractivity contribution is -0.0327. The van der Waals surface area contributed by atoms with Gasteiger partial charge >= 0.3 is 11.5 Å². The van der Waals surface area contributed by atoms with E-state index in [1.165, 1.54) is 19.2 Å². The van der Waals surface area contributed by atoms with Crippen molar-refractivity contribution in [2.75, 3.05) is 30.5 Å². The lowest BCUT2D eigenvalue weighted by Gasteiger charge is -2.10. The Kier molecular flexibility index (Phi) is 5.28. The number of pyridine rings is 1. The Morgan fingerprint density at radius 3 is 2.79 bits per heavy atom. The van der Waals surface area contributed by atoms with Crippen molar-refractivity contribution in [2.45, 2.75) is 5.51 Å². The van der Waals surface area contributed by atoms with Gasteiger partial charge in [0.25, 0.3) is 0 Å². The molecule has 0 atom stereocenters. The van der Waals surface area contributed by atoms with Crippen LogP contribution in [-0.2, 0) is 4.74 Å². The lowest BCUT2D eigenvalue weighted by Crippen LogP contribution is -2.13. The van der Waals surface area contributed by atoms with Crippen molar-refractivity contribution in [3.05, 3.63) is 17.8 Å². The van der Waals surface area contributed by atoms with Gasteiger partial charge < -0.3 is 15.8 Å². The maximum absolute atomic E-state index is 11.9. The van der Waals surface area contributed by atoms with Gasteiger partial charge in [0.1, 0.15) is 5.82 Å². The number of esters is 1. The van der Waals surface area contributed by atoms with Crippen LogP contribution in [0.1, 0.15) is 10.5 Å². The molecule has 5 nitrogen and oxygen atoms in total. The van der Waals surface area contributed by atoms with Crippen LogP contribution in [0.3, 0.4) is 0 Å². The summed E-state index contributed by atoms with van der Waals surface area (Å²) in [5.74, 6) is -0.675. The number of hydrogen-bond donors (Lipinski definition) is 2. The molecule has 0 amide bonds. The number of thioether (sulfide) groups is 1. The van der Waals surface area contributed by atoms with Gasteiger partial charge in [0.05, 0.1) is 12.8 Å². The molecule has 0 aromatic carbocycles. The molecule has 0 saturated carbocycles. The third kappa shape index (κ3) is 5.25. The molecule has 3 N–H and O–H groups in total. The smallest absolute Gasteiger partial charge is 0.441 e. The van der Waals surface area contributed by atoms with Gasteiger partial charge in [-0.2, -0.15) is 13.2 Å². The Bertz CT molecular complexity index is 454. The molecule has 19 heavy (non-hydrogen) atoms. The number of nitrogens with one attached hydrogen (secondary N) is 1. The monoisotopic (exact) mass is 295 g/mol. The van der Waals surface area contributed by atoms with E-state index in [1.54, 1.807) is 0 Å². The largest absolute Gasteiger partial charge is 0.464 e. The summed E-state index contributed by atoms with van der Waals surface area (Å²) in [5.41, 5.74) is 1.59. The van der Waals surface area contributed by atoms with Crippen LogP contribution in [0, 0.1) is 0 Å². The SMILES string of the molecule is COC(=O)c1ccc(N)c(NCCSC(F)(F)F)n1. The van der Waals surface area contributed by atoms with Crippen molar-refractivity contribution in [1.82, 2.24) is 4.98 Å². The summed E-state index contributed by atoms with van der Waals surface area (Å²) in [5, 5.41) is 2.64. The predicted octanol–water partition coefficient (Wildman–Crippen LogP) is 2.12. The Morgan fingerprint density at radius 2 is 2.21 bits per heavy atom. The molecule has 0 bridgehead atoms. The fourth-order valence-corrected chi connectivity index (χ4v) is 1.60. The summed E-state index contributed by atoms with van der Waals surface area (Å²) < 4.78 is 40.2. The normalized spacial score (nSPS) is 11.2. The number of carbonyl (C=O) groups is 1. The number of rotatable bonds is 5. The molecule has 1 aromatic rings. The van der Waals surface area contributed by atoms with Gasteiger partial charge in [-0.05, 0) is 23.9 Å². The number of halogens is 3. The first kappa shape index (κ1) is 15.4. The predicted molar refractivity (Wildman–Crippen MR) is 67.0 cm³/mol. The molecule has 0 spiro atoms. The number of methoxy groups -OCH3 is 1. The minimum absolute atomic E-state index is 0.0198. The first-order chi connectivity index (χ1) is 8.83. The van der Waals surface area contributed by atoms with E-state index in [1.807, 2.05) is 0 Å². The molecule has 9 heteroatoms. The van der Waals surface area contributed by atoms with E-state index in [0.717, 1.165) is 0 Å². The molecular weight excluding hydrogens is 283 g/mol. The van der Waals surface area contributed by atoms with Crippen molar-refractivity contribution in [2.24, 2.45) is 0 Å². The number of anilines is 2. The van der Waals surface area contributed by atoms with Crippen LogP contribution in [0.5, 0.6) is 0 Å². The molecule has 0 saturated heterocycles. The lowest BCUT2D eigenvalue weighted by atomic mass is 10.3. The van der Waals surface area contributed by atoms with Gasteiger partial charge in [-0.1, -0.05) is 0 Å². The highest BCUT2D eigenvalue weighted by atomic mass is 32.2. The van der Waals surface area contributed by atoms with Crippen molar-refractivity contribution in [3.63, 3.8) is 0 Å². The second-order valence-corrected chi connectivity index (χ2v) is 4.51. The average molecular weight is 295 g/mol. The van der Waals surface area contributed by atoms with Crippen molar-refractivity contribution in [1.29, 1.82) is 0 Å². The highest BCUT2D eigenvalue weighted by Gasteiger charge is 2.27. The number of nitrogen functional groups attached to an aromatic ring is 1. The second-order valence-electron chi connectivity index (χ2n) is 3.35. The fourth-order valence-electron chi connectivity index (χ4n) is 1.17. The van der Waals surface area contributed by atoms with E-state index in [-0.39, 0.29) is 41.3 Å². The molecule has 0 unspecified atom stereocenters. The first-order valence-corrected chi connectivity index (χ1v) is 6.11. The van der Waals surface area contributed by atoms with Crippen LogP contribution in [0.25, 0.3) is 0 Å². The minimum atomic E-state index is -4.27. The van der Waals surface area contributed by atoms with E-state index in [9.17, 15) is 18.0 Å². The van der Waals surface area contributed by atoms with E-state index in [0.29, 0.717) is 0 Å². The standard InChI is InChI=1S/C10H12F3N3O2S/c1-18-9(17)7-3-2-6(14)8(16-7)15-4-5-19-10(11,12)13/h2-3H,4-5,14H2,1H3,(H,15,16). The number of nitrogens with zero attached hydrogens (tertiary/aromatic N) is 1. The van der Waals surface area contributed by atoms with Crippen LogP contribution in [0.15, 0.2) is 12.1 Å². The third-order valence-electron chi connectivity index (χ3n) is 1.98. The Labute approximate surface area is 111 Å². The number of nitrogens with two attached hydrogens (primary N) is 1. The summed E-state index contributed by atoms with van der Waals surface area (Å²) in [6.45, 7) is 0.0198. The van der Waals surface area contributed by atoms with E-state index < -0.39 is 11.5 Å². The van der Waals surface area contributed by atoms with Crippen LogP contribution in [-0.4, -0.2) is 35.9 Å². The molecule has 0 radical (unpaired) electrons. The molecule has 1 heterocycles. The van der Waals surface area contributed by atoms with E-state index >= 15 is 0 Å². The fraction of sp³-hybridized carbons (Fsp3) is 0.400. The first-order valence-electron chi connectivity index (χ1n) is 5.13. The number of alkyl halides is 3. The molecule has 0 aliphatic carbocycles. The Morgan fingerprint density at radius 1 is 1.53 bits per heavy atom. The molecular formula is C10H12F3N3O2S. The Balaban J connectivity index is 2.60.